The van der Waals surface area contributed by atoms with Crippen molar-refractivity contribution in [3.05, 3.63) is 102 Å². The van der Waals surface area contributed by atoms with Gasteiger partial charge in [0.1, 0.15) is 5.69 Å². The number of carbonyl (C=O) groups excluding carboxylic acids is 1. The normalized spacial score (nSPS) is 16.3. The van der Waals surface area contributed by atoms with Crippen LogP contribution in [0.3, 0.4) is 0 Å². The maximum atomic E-state index is 13.8. The first-order valence-electron chi connectivity index (χ1n) is 14.6. The van der Waals surface area contributed by atoms with Gasteiger partial charge in [-0.2, -0.15) is 0 Å². The van der Waals surface area contributed by atoms with Crippen LogP contribution in [-0.4, -0.2) is 33.7 Å². The quantitative estimate of drug-likeness (QED) is 0.376. The second-order valence-electron chi connectivity index (χ2n) is 11.4. The molecule has 7 nitrogen and oxygen atoms in total. The number of nitrogens with zero attached hydrogens (tertiary/aromatic N) is 3. The van der Waals surface area contributed by atoms with Crippen molar-refractivity contribution in [2.45, 2.75) is 58.1 Å². The van der Waals surface area contributed by atoms with Crippen LogP contribution in [0.2, 0.25) is 0 Å². The molecular formula is C33H34N4O3S. The molecule has 0 fully saturated rings. The van der Waals surface area contributed by atoms with Gasteiger partial charge in [-0.15, -0.1) is 11.3 Å². The Hall–Kier alpha value is -3.59. The number of hydrogen-bond donors (Lipinski definition) is 2. The van der Waals surface area contributed by atoms with Crippen LogP contribution in [0.1, 0.15) is 66.5 Å². The molecular weight excluding hydrogens is 532 g/mol. The van der Waals surface area contributed by atoms with Gasteiger partial charge in [0.05, 0.1) is 22.9 Å². The summed E-state index contributed by atoms with van der Waals surface area (Å²) in [6.07, 6.45) is 8.52. The number of aliphatic hydroxyl groups is 1. The van der Waals surface area contributed by atoms with Gasteiger partial charge in [0.15, 0.2) is 0 Å². The molecule has 7 rings (SSSR count). The van der Waals surface area contributed by atoms with Crippen LogP contribution in [0.15, 0.2) is 47.4 Å². The number of hydrogen-bond acceptors (Lipinski definition) is 6. The molecule has 1 aliphatic carbocycles. The van der Waals surface area contributed by atoms with E-state index in [1.807, 2.05) is 23.1 Å². The Morgan fingerprint density at radius 2 is 1.90 bits per heavy atom. The molecule has 0 atom stereocenters. The number of benzene rings is 2. The predicted molar refractivity (Wildman–Crippen MR) is 162 cm³/mol. The second-order valence-corrected chi connectivity index (χ2v) is 12.5. The Bertz CT molecular complexity index is 1740. The van der Waals surface area contributed by atoms with E-state index in [4.69, 9.17) is 4.98 Å². The number of fused-ring (bicyclic) bond motifs is 4. The Morgan fingerprint density at radius 1 is 1.02 bits per heavy atom. The highest BCUT2D eigenvalue weighted by Gasteiger charge is 2.33. The van der Waals surface area contributed by atoms with E-state index in [0.29, 0.717) is 35.6 Å². The fourth-order valence-corrected chi connectivity index (χ4v) is 8.11. The summed E-state index contributed by atoms with van der Waals surface area (Å²) in [5.74, 6) is 0.0224. The van der Waals surface area contributed by atoms with E-state index in [9.17, 15) is 14.7 Å². The Kier molecular flexibility index (Phi) is 6.85. The molecule has 3 aliphatic rings. The number of nitrogens with one attached hydrogen (secondary N) is 1. The molecule has 4 aromatic rings. The zero-order valence-corrected chi connectivity index (χ0v) is 24.1. The van der Waals surface area contributed by atoms with Gasteiger partial charge in [-0.3, -0.25) is 9.59 Å². The van der Waals surface area contributed by atoms with Crippen molar-refractivity contribution in [1.82, 2.24) is 14.9 Å². The van der Waals surface area contributed by atoms with Gasteiger partial charge in [-0.05, 0) is 79.0 Å². The summed E-state index contributed by atoms with van der Waals surface area (Å²) >= 11 is 1.67. The minimum absolute atomic E-state index is 0.0224. The van der Waals surface area contributed by atoms with E-state index in [2.05, 4.69) is 23.5 Å². The highest BCUT2D eigenvalue weighted by molar-refractivity contribution is 7.14. The lowest BCUT2D eigenvalue weighted by molar-refractivity contribution is 0.0984. The molecule has 0 radical (unpaired) electrons. The molecule has 41 heavy (non-hydrogen) atoms. The first-order chi connectivity index (χ1) is 20.0. The van der Waals surface area contributed by atoms with Crippen LogP contribution in [-0.2, 0) is 52.3 Å². The first-order valence-corrected chi connectivity index (χ1v) is 15.4. The summed E-state index contributed by atoms with van der Waals surface area (Å²) in [6.45, 7) is 2.19. The molecule has 0 saturated heterocycles. The number of carbonyl (C=O) groups is 1. The van der Waals surface area contributed by atoms with Crippen molar-refractivity contribution < 1.29 is 9.90 Å². The smallest absolute Gasteiger partial charge is 0.272 e. The average Bonchev–Trinajstić information content (AvgIpc) is 3.39. The number of rotatable bonds is 5. The van der Waals surface area contributed by atoms with Gasteiger partial charge in [0.2, 0.25) is 0 Å². The molecule has 2 aromatic carbocycles. The maximum absolute atomic E-state index is 13.8. The summed E-state index contributed by atoms with van der Waals surface area (Å²) in [5.41, 5.74) is 9.42. The number of anilines is 1. The lowest BCUT2D eigenvalue weighted by Gasteiger charge is -2.30. The minimum Gasteiger partial charge on any atom is -0.392 e. The number of aromatic nitrogens is 2. The highest BCUT2D eigenvalue weighted by Crippen LogP contribution is 2.40. The van der Waals surface area contributed by atoms with Crippen molar-refractivity contribution in [2.75, 3.05) is 18.0 Å². The Balaban J connectivity index is 1.24. The number of thiophene rings is 1. The summed E-state index contributed by atoms with van der Waals surface area (Å²) in [5, 5.41) is 14.0. The van der Waals surface area contributed by atoms with Crippen LogP contribution < -0.4 is 15.8 Å². The lowest BCUT2D eigenvalue weighted by atomic mass is 9.91. The molecule has 1 amide bonds. The van der Waals surface area contributed by atoms with Crippen LogP contribution in [0.4, 0.5) is 5.69 Å². The monoisotopic (exact) mass is 566 g/mol. The number of aliphatic hydroxyl groups excluding tert-OH is 1. The van der Waals surface area contributed by atoms with Crippen LogP contribution in [0, 0.1) is 0 Å². The molecule has 0 spiro atoms. The van der Waals surface area contributed by atoms with E-state index >= 15 is 0 Å². The molecule has 2 N–H and O–H groups in total. The van der Waals surface area contributed by atoms with E-state index in [1.165, 1.54) is 40.0 Å². The number of aryl methyl sites for hydroxylation is 2. The minimum atomic E-state index is -0.234. The van der Waals surface area contributed by atoms with Crippen LogP contribution in [0.5, 0.6) is 0 Å². The van der Waals surface area contributed by atoms with Crippen molar-refractivity contribution in [1.29, 1.82) is 0 Å². The topological polar surface area (TPSA) is 87.5 Å². The SMILES string of the molecule is Cn1cc(-c2cccc(N3CCc4c(sc5c4CCCC5)C3=O)c2CO)nc(Cc2ccc3c(c2)CCNC3)c1=O. The maximum Gasteiger partial charge on any atom is 0.272 e. The third kappa shape index (κ3) is 4.64. The van der Waals surface area contributed by atoms with Crippen molar-refractivity contribution in [3.63, 3.8) is 0 Å². The first kappa shape index (κ1) is 26.3. The zero-order valence-electron chi connectivity index (χ0n) is 23.3. The van der Waals surface area contributed by atoms with Crippen LogP contribution >= 0.6 is 11.3 Å². The van der Waals surface area contributed by atoms with Crippen molar-refractivity contribution in [3.8, 4) is 11.3 Å². The molecule has 2 aliphatic heterocycles. The highest BCUT2D eigenvalue weighted by atomic mass is 32.1. The van der Waals surface area contributed by atoms with E-state index in [-0.39, 0.29) is 18.1 Å². The molecule has 8 heteroatoms. The third-order valence-corrected chi connectivity index (χ3v) is 10.2. The summed E-state index contributed by atoms with van der Waals surface area (Å²) in [4.78, 5) is 35.9. The van der Waals surface area contributed by atoms with Gasteiger partial charge in [-0.25, -0.2) is 4.98 Å². The summed E-state index contributed by atoms with van der Waals surface area (Å²) < 4.78 is 1.57. The lowest BCUT2D eigenvalue weighted by Crippen LogP contribution is -2.37. The summed E-state index contributed by atoms with van der Waals surface area (Å²) in [6, 6.07) is 12.2. The van der Waals surface area contributed by atoms with Gasteiger partial charge >= 0.3 is 0 Å². The molecule has 2 aromatic heterocycles. The van der Waals surface area contributed by atoms with Crippen molar-refractivity contribution in [2.24, 2.45) is 7.05 Å². The molecule has 4 heterocycles. The van der Waals surface area contributed by atoms with Gasteiger partial charge in [-0.1, -0.05) is 30.3 Å². The fourth-order valence-electron chi connectivity index (χ4n) is 6.73. The third-order valence-electron chi connectivity index (χ3n) is 8.85. The number of amides is 1. The van der Waals surface area contributed by atoms with Crippen LogP contribution in [0.25, 0.3) is 11.3 Å². The van der Waals surface area contributed by atoms with E-state index in [1.54, 1.807) is 29.1 Å². The Morgan fingerprint density at radius 3 is 2.78 bits per heavy atom. The van der Waals surface area contributed by atoms with Gasteiger partial charge in [0.25, 0.3) is 11.5 Å². The van der Waals surface area contributed by atoms with Gasteiger partial charge < -0.3 is 19.9 Å². The van der Waals surface area contributed by atoms with E-state index in [0.717, 1.165) is 54.8 Å². The standard InChI is InChI=1S/C33H34N4O3S/c1-36-18-28(35-27(32(36)39)16-20-9-10-22-17-34-13-11-21(22)15-20)23-6-4-7-29(26(23)19-38)37-14-12-25-24-5-2-3-8-30(24)41-31(25)33(37)40/h4,6-7,9-10,15,18,34,38H,2-3,5,8,11-14,16-17,19H2,1H3. The second kappa shape index (κ2) is 10.7. The zero-order chi connectivity index (χ0) is 28.1. The molecule has 0 unspecified atom stereocenters. The predicted octanol–water partition coefficient (Wildman–Crippen LogP) is 4.32. The molecule has 210 valence electrons. The molecule has 0 saturated carbocycles. The summed E-state index contributed by atoms with van der Waals surface area (Å²) in [7, 11) is 1.74. The molecule has 0 bridgehead atoms. The fraction of sp³-hybridized carbons (Fsp3) is 0.364. The van der Waals surface area contributed by atoms with Gasteiger partial charge in [0, 0.05) is 48.8 Å². The van der Waals surface area contributed by atoms with E-state index < -0.39 is 0 Å². The Labute approximate surface area is 243 Å². The average molecular weight is 567 g/mol. The largest absolute Gasteiger partial charge is 0.392 e. The van der Waals surface area contributed by atoms with Crippen molar-refractivity contribution >= 4 is 22.9 Å².